The second-order valence-corrected chi connectivity index (χ2v) is 9.35. The quantitative estimate of drug-likeness (QED) is 0.547. The average Bonchev–Trinajstić information content (AvgIpc) is 3.21. The summed E-state index contributed by atoms with van der Waals surface area (Å²) in [6, 6.07) is 6.30. The maximum Gasteiger partial charge on any atom is 0.271 e. The lowest BCUT2D eigenvalue weighted by atomic mass is 10.2. The molecule has 1 saturated heterocycles. The maximum atomic E-state index is 12.0. The van der Waals surface area contributed by atoms with Crippen LogP contribution in [0.25, 0.3) is 0 Å². The van der Waals surface area contributed by atoms with E-state index in [0.717, 1.165) is 25.9 Å². The van der Waals surface area contributed by atoms with Crippen molar-refractivity contribution in [3.63, 3.8) is 0 Å². The Morgan fingerprint density at radius 2 is 1.93 bits per heavy atom. The molecule has 2 aromatic rings. The van der Waals surface area contributed by atoms with Crippen LogP contribution in [0.15, 0.2) is 29.2 Å². The van der Waals surface area contributed by atoms with Crippen LogP contribution in [-0.4, -0.2) is 61.6 Å². The average molecular weight is 433 g/mol. The number of primary amides is 1. The van der Waals surface area contributed by atoms with Gasteiger partial charge in [-0.3, -0.25) is 4.79 Å². The third kappa shape index (κ3) is 5.45. The van der Waals surface area contributed by atoms with Crippen molar-refractivity contribution in [1.82, 2.24) is 14.9 Å². The molecule has 0 saturated carbocycles. The molecule has 1 fully saturated rings. The molecule has 30 heavy (non-hydrogen) atoms. The van der Waals surface area contributed by atoms with E-state index in [1.54, 1.807) is 12.1 Å². The largest absolute Gasteiger partial charge is 0.367 e. The van der Waals surface area contributed by atoms with Gasteiger partial charge in [0, 0.05) is 25.0 Å². The number of hydrogen-bond donors (Lipinski definition) is 3. The van der Waals surface area contributed by atoms with Crippen molar-refractivity contribution in [3.8, 4) is 0 Å². The molecule has 0 aliphatic carbocycles. The maximum absolute atomic E-state index is 12.0. The van der Waals surface area contributed by atoms with E-state index in [2.05, 4.69) is 25.5 Å². The summed E-state index contributed by atoms with van der Waals surface area (Å²) >= 11 is 0. The van der Waals surface area contributed by atoms with Gasteiger partial charge in [0.1, 0.15) is 5.82 Å². The summed E-state index contributed by atoms with van der Waals surface area (Å²) in [7, 11) is -3.37. The topological polar surface area (TPSA) is 130 Å². The van der Waals surface area contributed by atoms with Crippen molar-refractivity contribution in [3.05, 3.63) is 35.7 Å². The van der Waals surface area contributed by atoms with E-state index in [1.807, 2.05) is 6.92 Å². The van der Waals surface area contributed by atoms with Crippen molar-refractivity contribution < 1.29 is 13.2 Å². The van der Waals surface area contributed by atoms with E-state index in [-0.39, 0.29) is 16.4 Å². The minimum absolute atomic E-state index is 0.0155. The molecule has 9 nitrogen and oxygen atoms in total. The summed E-state index contributed by atoms with van der Waals surface area (Å²) in [6.07, 6.45) is 4.18. The molecule has 3 rings (SSSR count). The number of anilines is 3. The first-order valence-electron chi connectivity index (χ1n) is 10.0. The van der Waals surface area contributed by atoms with Crippen LogP contribution >= 0.6 is 0 Å². The van der Waals surface area contributed by atoms with Crippen LogP contribution in [-0.2, 0) is 16.3 Å². The number of nitrogens with zero attached hydrogens (tertiary/aromatic N) is 3. The number of sulfone groups is 1. The molecule has 1 aliphatic rings. The lowest BCUT2D eigenvalue weighted by Crippen LogP contribution is -2.27. The van der Waals surface area contributed by atoms with Gasteiger partial charge in [-0.2, -0.15) is 0 Å². The molecule has 0 atom stereocenters. The molecule has 1 aromatic carbocycles. The molecule has 162 valence electrons. The lowest BCUT2D eigenvalue weighted by molar-refractivity contribution is 0.0996. The van der Waals surface area contributed by atoms with Gasteiger partial charge in [-0.25, -0.2) is 18.4 Å². The fourth-order valence-corrected chi connectivity index (χ4v) is 4.06. The number of carbonyl (C=O) groups is 1. The molecule has 1 aromatic heterocycles. The van der Waals surface area contributed by atoms with Crippen molar-refractivity contribution in [1.29, 1.82) is 0 Å². The third-order valence-corrected chi connectivity index (χ3v) is 6.09. The Morgan fingerprint density at radius 1 is 1.20 bits per heavy atom. The highest BCUT2D eigenvalue weighted by Crippen LogP contribution is 2.24. The van der Waals surface area contributed by atoms with Gasteiger partial charge in [0.05, 0.1) is 10.6 Å². The molecule has 0 spiro atoms. The number of rotatable bonds is 9. The van der Waals surface area contributed by atoms with Gasteiger partial charge < -0.3 is 21.3 Å². The van der Waals surface area contributed by atoms with Gasteiger partial charge in [-0.1, -0.05) is 13.0 Å². The Hall–Kier alpha value is -2.72. The number of carbonyl (C=O) groups excluding carboxylic acids is 1. The zero-order chi connectivity index (χ0) is 21.7. The SMILES string of the molecule is CCc1nc(C(N)=O)c(Nc2cccc(S(C)(=O)=O)c2)nc1NCCN1CCCC1. The molecule has 4 N–H and O–H groups in total. The van der Waals surface area contributed by atoms with Crippen LogP contribution in [0.3, 0.4) is 0 Å². The number of aryl methyl sites for hydroxylation is 1. The number of nitrogens with two attached hydrogens (primary N) is 1. The summed E-state index contributed by atoms with van der Waals surface area (Å²) in [6.45, 7) is 5.77. The summed E-state index contributed by atoms with van der Waals surface area (Å²) in [5.41, 5.74) is 6.66. The van der Waals surface area contributed by atoms with Gasteiger partial charge in [0.15, 0.2) is 21.3 Å². The number of likely N-dealkylation sites (tertiary alicyclic amines) is 1. The third-order valence-electron chi connectivity index (χ3n) is 4.98. The smallest absolute Gasteiger partial charge is 0.271 e. The van der Waals surface area contributed by atoms with Gasteiger partial charge in [0.2, 0.25) is 0 Å². The van der Waals surface area contributed by atoms with Crippen LogP contribution in [0.2, 0.25) is 0 Å². The fourth-order valence-electron chi connectivity index (χ4n) is 3.40. The van der Waals surface area contributed by atoms with E-state index in [9.17, 15) is 13.2 Å². The van der Waals surface area contributed by atoms with Crippen LogP contribution in [0.1, 0.15) is 35.9 Å². The summed E-state index contributed by atoms with van der Waals surface area (Å²) < 4.78 is 23.7. The minimum atomic E-state index is -3.37. The van der Waals surface area contributed by atoms with Crippen molar-refractivity contribution in [2.45, 2.75) is 31.1 Å². The van der Waals surface area contributed by atoms with E-state index >= 15 is 0 Å². The van der Waals surface area contributed by atoms with Crippen LogP contribution in [0.5, 0.6) is 0 Å². The first-order chi connectivity index (χ1) is 14.3. The zero-order valence-corrected chi connectivity index (χ0v) is 18.1. The molecular formula is C20H28N6O3S. The molecule has 10 heteroatoms. The Balaban J connectivity index is 1.87. The van der Waals surface area contributed by atoms with Gasteiger partial charge in [0.25, 0.3) is 5.91 Å². The number of nitrogens with one attached hydrogen (secondary N) is 2. The second kappa shape index (κ2) is 9.40. The van der Waals surface area contributed by atoms with Crippen molar-refractivity contribution in [2.24, 2.45) is 5.73 Å². The predicted octanol–water partition coefficient (Wildman–Crippen LogP) is 1.79. The fraction of sp³-hybridized carbons (Fsp3) is 0.450. The summed E-state index contributed by atoms with van der Waals surface area (Å²) in [5, 5.41) is 6.32. The van der Waals surface area contributed by atoms with Gasteiger partial charge in [-0.05, 0) is 50.6 Å². The van der Waals surface area contributed by atoms with Crippen LogP contribution < -0.4 is 16.4 Å². The Kier molecular flexibility index (Phi) is 6.88. The van der Waals surface area contributed by atoms with Crippen LogP contribution in [0, 0.1) is 0 Å². The van der Waals surface area contributed by atoms with E-state index < -0.39 is 15.7 Å². The number of hydrogen-bond acceptors (Lipinski definition) is 8. The Morgan fingerprint density at radius 3 is 2.57 bits per heavy atom. The number of benzene rings is 1. The van der Waals surface area contributed by atoms with Gasteiger partial charge in [-0.15, -0.1) is 0 Å². The first kappa shape index (κ1) is 22.0. The monoisotopic (exact) mass is 432 g/mol. The first-order valence-corrected chi connectivity index (χ1v) is 11.9. The molecule has 0 unspecified atom stereocenters. The van der Waals surface area contributed by atoms with E-state index in [4.69, 9.17) is 5.73 Å². The van der Waals surface area contributed by atoms with E-state index in [0.29, 0.717) is 30.2 Å². The zero-order valence-electron chi connectivity index (χ0n) is 17.3. The van der Waals surface area contributed by atoms with Crippen LogP contribution in [0.4, 0.5) is 17.3 Å². The molecule has 1 amide bonds. The van der Waals surface area contributed by atoms with Crippen molar-refractivity contribution >= 4 is 33.1 Å². The summed E-state index contributed by atoms with van der Waals surface area (Å²) in [4.78, 5) is 23.5. The highest BCUT2D eigenvalue weighted by atomic mass is 32.2. The Bertz CT molecular complexity index is 1020. The van der Waals surface area contributed by atoms with E-state index in [1.165, 1.54) is 25.0 Å². The summed E-state index contributed by atoms with van der Waals surface area (Å²) in [5.74, 6) is 0.0695. The lowest BCUT2D eigenvalue weighted by Gasteiger charge is -2.18. The van der Waals surface area contributed by atoms with Crippen molar-refractivity contribution in [2.75, 3.05) is 43.1 Å². The highest BCUT2D eigenvalue weighted by molar-refractivity contribution is 7.90. The molecule has 0 radical (unpaired) electrons. The predicted molar refractivity (Wildman–Crippen MR) is 117 cm³/mol. The number of amides is 1. The minimum Gasteiger partial charge on any atom is -0.367 e. The standard InChI is InChI=1S/C20H28N6O3S/c1-3-16-19(22-9-12-26-10-4-5-11-26)25-20(17(24-16)18(21)27)23-14-7-6-8-15(13-14)30(2,28)29/h6-8,13H,3-5,9-12H2,1-2H3,(H2,21,27)(H2,22,23,25). The Labute approximate surface area is 177 Å². The normalized spacial score (nSPS) is 14.6. The molecule has 1 aliphatic heterocycles. The second-order valence-electron chi connectivity index (χ2n) is 7.33. The number of aromatic nitrogens is 2. The molecule has 2 heterocycles. The highest BCUT2D eigenvalue weighted by Gasteiger charge is 2.18. The van der Waals surface area contributed by atoms with Gasteiger partial charge >= 0.3 is 0 Å². The molecule has 0 bridgehead atoms. The molecular weight excluding hydrogens is 404 g/mol.